The summed E-state index contributed by atoms with van der Waals surface area (Å²) >= 11 is 1.36. The number of nitrogens with two attached hydrogens (primary N) is 1. The molecule has 10 nitrogen and oxygen atoms in total. The van der Waals surface area contributed by atoms with Crippen molar-refractivity contribution in [1.82, 2.24) is 4.98 Å². The molecule has 174 valence electrons. The zero-order chi connectivity index (χ0) is 23.6. The van der Waals surface area contributed by atoms with E-state index in [1.807, 2.05) is 42.5 Å². The monoisotopic (exact) mass is 472 g/mol. The fourth-order valence-corrected chi connectivity index (χ4v) is 4.28. The van der Waals surface area contributed by atoms with Gasteiger partial charge >= 0.3 is 5.97 Å². The van der Waals surface area contributed by atoms with Gasteiger partial charge in [-0.1, -0.05) is 30.3 Å². The molecule has 33 heavy (non-hydrogen) atoms. The van der Waals surface area contributed by atoms with E-state index in [-0.39, 0.29) is 32.6 Å². The van der Waals surface area contributed by atoms with Crippen LogP contribution in [0.4, 0.5) is 5.00 Å². The molecular formula is C22H24N4O6S. The molecule has 0 saturated carbocycles. The second-order valence-corrected chi connectivity index (χ2v) is 8.40. The first-order valence-electron chi connectivity index (χ1n) is 10.3. The minimum atomic E-state index is -0.925. The van der Waals surface area contributed by atoms with Gasteiger partial charge in [0.15, 0.2) is 0 Å². The molecule has 0 aliphatic carbocycles. The predicted octanol–water partition coefficient (Wildman–Crippen LogP) is 3.16. The van der Waals surface area contributed by atoms with Gasteiger partial charge in [0.05, 0.1) is 15.6 Å². The molecule has 0 spiro atoms. The lowest BCUT2D eigenvalue weighted by Gasteiger charge is -2.24. The van der Waals surface area contributed by atoms with Gasteiger partial charge in [-0.15, -0.1) is 21.5 Å². The van der Waals surface area contributed by atoms with Crippen LogP contribution >= 0.6 is 11.3 Å². The second kappa shape index (κ2) is 11.9. The van der Waals surface area contributed by atoms with Crippen molar-refractivity contribution < 1.29 is 24.3 Å². The Hall–Kier alpha value is -3.57. The number of esters is 1. The average Bonchev–Trinajstić information content (AvgIpc) is 3.22. The van der Waals surface area contributed by atoms with E-state index < -0.39 is 28.8 Å². The average molecular weight is 473 g/mol. The van der Waals surface area contributed by atoms with Gasteiger partial charge in [-0.2, -0.15) is 0 Å². The van der Waals surface area contributed by atoms with E-state index in [1.165, 1.54) is 11.3 Å². The number of nitrogens with one attached hydrogen (secondary N) is 1. The fraction of sp³-hybridized carbons (Fsp3) is 0.318. The van der Waals surface area contributed by atoms with Gasteiger partial charge in [-0.25, -0.2) is 0 Å². The third kappa shape index (κ3) is 7.22. The van der Waals surface area contributed by atoms with Gasteiger partial charge < -0.3 is 20.6 Å². The lowest BCUT2D eigenvalue weighted by Crippen LogP contribution is -2.37. The summed E-state index contributed by atoms with van der Waals surface area (Å²) in [4.78, 5) is 44.4. The third-order valence-electron chi connectivity index (χ3n) is 5.09. The van der Waals surface area contributed by atoms with Crippen molar-refractivity contribution in [3.05, 3.63) is 70.5 Å². The maximum absolute atomic E-state index is 12.9. The molecule has 0 bridgehead atoms. The van der Waals surface area contributed by atoms with Gasteiger partial charge in [-0.3, -0.25) is 14.6 Å². The number of thiophene rings is 1. The maximum atomic E-state index is 12.9. The standard InChI is InChI=1S/C22H24N4O6S/c23-11-18(22(28)25-20-10-16-8-9-24-12-19(16)33-20)17(14-32-26(29)30)6-7-21(27)31-13-15-4-2-1-3-5-15/h1-5,8-10,12,17-18H,6-7,11,13-14,23H2,(H,25,28). The Morgan fingerprint density at radius 2 is 2.03 bits per heavy atom. The molecule has 1 aromatic carbocycles. The van der Waals surface area contributed by atoms with Crippen LogP contribution in [-0.4, -0.2) is 35.1 Å². The Bertz CT molecular complexity index is 1060. The maximum Gasteiger partial charge on any atom is 0.306 e. The number of nitrogens with zero attached hydrogens (tertiary/aromatic N) is 2. The largest absolute Gasteiger partial charge is 0.461 e. The second-order valence-electron chi connectivity index (χ2n) is 7.32. The Morgan fingerprint density at radius 3 is 2.73 bits per heavy atom. The highest BCUT2D eigenvalue weighted by molar-refractivity contribution is 7.22. The molecular weight excluding hydrogens is 448 g/mol. The van der Waals surface area contributed by atoms with Crippen LogP contribution < -0.4 is 11.1 Å². The van der Waals surface area contributed by atoms with Crippen LogP contribution in [0, 0.1) is 22.0 Å². The lowest BCUT2D eigenvalue weighted by molar-refractivity contribution is -0.759. The summed E-state index contributed by atoms with van der Waals surface area (Å²) in [7, 11) is 0. The van der Waals surface area contributed by atoms with E-state index in [9.17, 15) is 19.7 Å². The molecule has 0 fully saturated rings. The quantitative estimate of drug-likeness (QED) is 0.232. The predicted molar refractivity (Wildman–Crippen MR) is 123 cm³/mol. The molecule has 0 aliphatic heterocycles. The van der Waals surface area contributed by atoms with Crippen molar-refractivity contribution >= 4 is 38.3 Å². The van der Waals surface area contributed by atoms with Crippen LogP contribution in [0.2, 0.25) is 0 Å². The molecule has 2 heterocycles. The Balaban J connectivity index is 1.61. The van der Waals surface area contributed by atoms with Gasteiger partial charge in [0.25, 0.3) is 5.09 Å². The van der Waals surface area contributed by atoms with E-state index in [2.05, 4.69) is 15.1 Å². The van der Waals surface area contributed by atoms with Gasteiger partial charge in [0, 0.05) is 25.4 Å². The molecule has 2 atom stereocenters. The summed E-state index contributed by atoms with van der Waals surface area (Å²) in [5, 5.41) is 14.2. The number of rotatable bonds is 12. The summed E-state index contributed by atoms with van der Waals surface area (Å²) in [6, 6.07) is 12.9. The van der Waals surface area contributed by atoms with Crippen LogP contribution in [-0.2, 0) is 25.8 Å². The number of carbonyl (C=O) groups excluding carboxylic acids is 2. The van der Waals surface area contributed by atoms with E-state index in [0.29, 0.717) is 5.00 Å². The number of amides is 1. The third-order valence-corrected chi connectivity index (χ3v) is 6.09. The first-order valence-corrected chi connectivity index (χ1v) is 11.1. The highest BCUT2D eigenvalue weighted by Gasteiger charge is 2.29. The van der Waals surface area contributed by atoms with Crippen LogP contribution in [0.5, 0.6) is 0 Å². The van der Waals surface area contributed by atoms with E-state index in [1.54, 1.807) is 12.4 Å². The number of pyridine rings is 1. The molecule has 2 unspecified atom stereocenters. The Morgan fingerprint density at radius 1 is 1.24 bits per heavy atom. The van der Waals surface area contributed by atoms with Crippen LogP contribution in [0.3, 0.4) is 0 Å². The van der Waals surface area contributed by atoms with E-state index in [0.717, 1.165) is 15.6 Å². The highest BCUT2D eigenvalue weighted by Crippen LogP contribution is 2.30. The SMILES string of the molecule is NCC(C(=O)Nc1cc2ccncc2s1)C(CCC(=O)OCc1ccccc1)CO[N+](=O)[O-]. The van der Waals surface area contributed by atoms with Crippen molar-refractivity contribution in [3.63, 3.8) is 0 Å². The van der Waals surface area contributed by atoms with Crippen LogP contribution in [0.25, 0.3) is 10.1 Å². The number of carbonyl (C=O) groups is 2. The van der Waals surface area contributed by atoms with E-state index in [4.69, 9.17) is 10.5 Å². The zero-order valence-electron chi connectivity index (χ0n) is 17.7. The number of fused-ring (bicyclic) bond motifs is 1. The first-order chi connectivity index (χ1) is 16.0. The van der Waals surface area contributed by atoms with Crippen molar-refractivity contribution in [2.45, 2.75) is 19.4 Å². The van der Waals surface area contributed by atoms with Crippen molar-refractivity contribution in [2.75, 3.05) is 18.5 Å². The number of aromatic nitrogens is 1. The molecule has 1 amide bonds. The van der Waals surface area contributed by atoms with Crippen LogP contribution in [0.15, 0.2) is 54.9 Å². The normalized spacial score (nSPS) is 12.6. The number of hydrogen-bond donors (Lipinski definition) is 2. The minimum absolute atomic E-state index is 0.0308. The first kappa shape index (κ1) is 24.1. The summed E-state index contributed by atoms with van der Waals surface area (Å²) in [6.07, 6.45) is 3.47. The molecule has 11 heteroatoms. The van der Waals surface area contributed by atoms with Crippen molar-refractivity contribution in [3.8, 4) is 0 Å². The number of ether oxygens (including phenoxy) is 1. The fourth-order valence-electron chi connectivity index (χ4n) is 3.34. The molecule has 0 aliphatic rings. The summed E-state index contributed by atoms with van der Waals surface area (Å²) in [5.74, 6) is -2.32. The van der Waals surface area contributed by atoms with Crippen molar-refractivity contribution in [2.24, 2.45) is 17.6 Å². The minimum Gasteiger partial charge on any atom is -0.461 e. The zero-order valence-corrected chi connectivity index (χ0v) is 18.5. The Labute approximate surface area is 193 Å². The Kier molecular flexibility index (Phi) is 8.67. The molecule has 0 radical (unpaired) electrons. The topological polar surface area (TPSA) is 147 Å². The summed E-state index contributed by atoms with van der Waals surface area (Å²) in [5.41, 5.74) is 6.69. The van der Waals surface area contributed by atoms with Gasteiger partial charge in [0.2, 0.25) is 5.91 Å². The summed E-state index contributed by atoms with van der Waals surface area (Å²) < 4.78 is 6.17. The lowest BCUT2D eigenvalue weighted by atomic mass is 9.88. The molecule has 3 aromatic rings. The van der Waals surface area contributed by atoms with Gasteiger partial charge in [-0.05, 0) is 35.4 Å². The molecule has 2 aromatic heterocycles. The highest BCUT2D eigenvalue weighted by atomic mass is 32.1. The number of benzene rings is 1. The smallest absolute Gasteiger partial charge is 0.306 e. The van der Waals surface area contributed by atoms with E-state index >= 15 is 0 Å². The van der Waals surface area contributed by atoms with Crippen molar-refractivity contribution in [1.29, 1.82) is 0 Å². The summed E-state index contributed by atoms with van der Waals surface area (Å²) in [6.45, 7) is -0.301. The molecule has 3 N–H and O–H groups in total. The molecule has 0 saturated heterocycles. The van der Waals surface area contributed by atoms with Crippen LogP contribution in [0.1, 0.15) is 18.4 Å². The number of anilines is 1. The number of hydrogen-bond acceptors (Lipinski definition) is 9. The van der Waals surface area contributed by atoms with Gasteiger partial charge in [0.1, 0.15) is 13.2 Å². The molecule has 3 rings (SSSR count).